The molecule has 0 amide bonds. The van der Waals surface area contributed by atoms with Gasteiger partial charge in [-0.25, -0.2) is 0 Å². The van der Waals surface area contributed by atoms with Crippen LogP contribution in [0, 0.1) is 0 Å². The van der Waals surface area contributed by atoms with Crippen molar-refractivity contribution in [3.63, 3.8) is 0 Å². The molecule has 2 heteroatoms. The number of carbonyl (C=O) groups excluding carboxylic acids is 1. The molecule has 92 valence electrons. The summed E-state index contributed by atoms with van der Waals surface area (Å²) in [7, 11) is 0. The molecule has 1 aliphatic rings. The third-order valence-corrected chi connectivity index (χ3v) is 3.58. The van der Waals surface area contributed by atoms with Gasteiger partial charge in [-0.1, -0.05) is 26.0 Å². The Bertz CT molecular complexity index is 394. The van der Waals surface area contributed by atoms with Gasteiger partial charge in [0.2, 0.25) is 0 Å². The first-order valence-corrected chi connectivity index (χ1v) is 6.46. The molecule has 0 radical (unpaired) electrons. The van der Waals surface area contributed by atoms with Crippen molar-refractivity contribution in [3.8, 4) is 0 Å². The number of piperidine rings is 1. The van der Waals surface area contributed by atoms with Gasteiger partial charge in [0.25, 0.3) is 0 Å². The van der Waals surface area contributed by atoms with Crippen molar-refractivity contribution in [2.75, 3.05) is 11.4 Å². The first-order chi connectivity index (χ1) is 8.08. The van der Waals surface area contributed by atoms with Crippen molar-refractivity contribution >= 4 is 11.5 Å². The molecule has 2 nitrogen and oxygen atoms in total. The molecule has 1 heterocycles. The van der Waals surface area contributed by atoms with Crippen LogP contribution in [-0.4, -0.2) is 18.4 Å². The summed E-state index contributed by atoms with van der Waals surface area (Å²) in [5.74, 6) is 0.969. The van der Waals surface area contributed by atoms with Gasteiger partial charge in [-0.05, 0) is 30.5 Å². The number of rotatable bonds is 2. The second kappa shape index (κ2) is 4.91. The topological polar surface area (TPSA) is 20.3 Å². The molecule has 1 aromatic carbocycles. The molecule has 1 fully saturated rings. The lowest BCUT2D eigenvalue weighted by atomic mass is 9.99. The fourth-order valence-electron chi connectivity index (χ4n) is 2.44. The summed E-state index contributed by atoms with van der Waals surface area (Å²) < 4.78 is 0. The van der Waals surface area contributed by atoms with E-state index in [0.29, 0.717) is 30.6 Å². The molecule has 1 atom stereocenters. The molecule has 0 aliphatic carbocycles. The number of Topliss-reactive ketones (excluding diaryl/α,β-unsaturated/α-hetero) is 1. The number of nitrogens with zero attached hydrogens (tertiary/aromatic N) is 1. The van der Waals surface area contributed by atoms with Gasteiger partial charge in [-0.3, -0.25) is 4.79 Å². The molecule has 0 N–H and O–H groups in total. The Hall–Kier alpha value is -1.31. The molecule has 2 rings (SSSR count). The van der Waals surface area contributed by atoms with E-state index >= 15 is 0 Å². The smallest absolute Gasteiger partial charge is 0.136 e. The van der Waals surface area contributed by atoms with Crippen LogP contribution in [-0.2, 0) is 4.79 Å². The van der Waals surface area contributed by atoms with Crippen LogP contribution in [0.3, 0.4) is 0 Å². The van der Waals surface area contributed by atoms with E-state index < -0.39 is 0 Å². The SMILES string of the molecule is CC(C)c1ccc(N2CCC(=O)CC2C)cc1. The first kappa shape index (κ1) is 12.2. The number of hydrogen-bond donors (Lipinski definition) is 0. The zero-order chi connectivity index (χ0) is 12.4. The second-order valence-electron chi connectivity index (χ2n) is 5.28. The van der Waals surface area contributed by atoms with Crippen LogP contribution in [0.25, 0.3) is 0 Å². The largest absolute Gasteiger partial charge is 0.368 e. The van der Waals surface area contributed by atoms with Crippen molar-refractivity contribution in [3.05, 3.63) is 29.8 Å². The molecule has 17 heavy (non-hydrogen) atoms. The highest BCUT2D eigenvalue weighted by atomic mass is 16.1. The van der Waals surface area contributed by atoms with Crippen LogP contribution in [0.5, 0.6) is 0 Å². The van der Waals surface area contributed by atoms with Crippen LogP contribution >= 0.6 is 0 Å². The molecule has 1 aliphatic heterocycles. The summed E-state index contributed by atoms with van der Waals surface area (Å²) in [5, 5.41) is 0. The highest BCUT2D eigenvalue weighted by Gasteiger charge is 2.23. The Morgan fingerprint density at radius 3 is 2.41 bits per heavy atom. The van der Waals surface area contributed by atoms with Gasteiger partial charge < -0.3 is 4.90 Å². The highest BCUT2D eigenvalue weighted by Crippen LogP contribution is 2.25. The van der Waals surface area contributed by atoms with Crippen molar-refractivity contribution in [1.82, 2.24) is 0 Å². The molecular formula is C15H21NO. The lowest BCUT2D eigenvalue weighted by Gasteiger charge is -2.34. The Morgan fingerprint density at radius 2 is 1.88 bits per heavy atom. The zero-order valence-electron chi connectivity index (χ0n) is 10.9. The Labute approximate surface area is 104 Å². The number of ketones is 1. The summed E-state index contributed by atoms with van der Waals surface area (Å²) in [6.45, 7) is 7.41. The predicted molar refractivity (Wildman–Crippen MR) is 71.6 cm³/mol. The van der Waals surface area contributed by atoms with Gasteiger partial charge >= 0.3 is 0 Å². The number of benzene rings is 1. The normalized spacial score (nSPS) is 21.1. The molecule has 0 spiro atoms. The van der Waals surface area contributed by atoms with E-state index in [2.05, 4.69) is 49.9 Å². The minimum Gasteiger partial charge on any atom is -0.368 e. The monoisotopic (exact) mass is 231 g/mol. The average molecular weight is 231 g/mol. The first-order valence-electron chi connectivity index (χ1n) is 6.46. The zero-order valence-corrected chi connectivity index (χ0v) is 10.9. The average Bonchev–Trinajstić information content (AvgIpc) is 2.29. The van der Waals surface area contributed by atoms with Gasteiger partial charge in [0.05, 0.1) is 0 Å². The standard InChI is InChI=1S/C15H21NO/c1-11(2)13-4-6-14(7-5-13)16-9-8-15(17)10-12(16)3/h4-7,11-12H,8-10H2,1-3H3. The molecule has 1 unspecified atom stereocenters. The minimum atomic E-state index is 0.334. The van der Waals surface area contributed by atoms with Crippen LogP contribution < -0.4 is 4.90 Å². The van der Waals surface area contributed by atoms with E-state index in [1.165, 1.54) is 11.3 Å². The van der Waals surface area contributed by atoms with E-state index in [4.69, 9.17) is 0 Å². The van der Waals surface area contributed by atoms with Gasteiger partial charge in [0.15, 0.2) is 0 Å². The summed E-state index contributed by atoms with van der Waals surface area (Å²) >= 11 is 0. The van der Waals surface area contributed by atoms with Crippen molar-refractivity contribution in [2.24, 2.45) is 0 Å². The number of anilines is 1. The summed E-state index contributed by atoms with van der Waals surface area (Å²) in [4.78, 5) is 13.7. The molecule has 0 bridgehead atoms. The molecule has 0 saturated carbocycles. The Balaban J connectivity index is 2.14. The van der Waals surface area contributed by atoms with E-state index in [1.54, 1.807) is 0 Å². The second-order valence-corrected chi connectivity index (χ2v) is 5.28. The van der Waals surface area contributed by atoms with Crippen molar-refractivity contribution < 1.29 is 4.79 Å². The van der Waals surface area contributed by atoms with E-state index in [9.17, 15) is 4.79 Å². The number of carbonyl (C=O) groups is 1. The molecule has 1 saturated heterocycles. The van der Waals surface area contributed by atoms with Crippen LogP contribution in [0.1, 0.15) is 45.1 Å². The Morgan fingerprint density at radius 1 is 1.24 bits per heavy atom. The van der Waals surface area contributed by atoms with E-state index in [1.807, 2.05) is 0 Å². The fraction of sp³-hybridized carbons (Fsp3) is 0.533. The van der Waals surface area contributed by atoms with Gasteiger partial charge in [0, 0.05) is 31.1 Å². The van der Waals surface area contributed by atoms with E-state index in [0.717, 1.165) is 6.54 Å². The molecule has 1 aromatic rings. The number of hydrogen-bond acceptors (Lipinski definition) is 2. The van der Waals surface area contributed by atoms with Crippen molar-refractivity contribution in [1.29, 1.82) is 0 Å². The maximum Gasteiger partial charge on any atom is 0.136 e. The summed E-state index contributed by atoms with van der Waals surface area (Å²) in [6, 6.07) is 9.09. The lowest BCUT2D eigenvalue weighted by molar-refractivity contribution is -0.120. The third-order valence-electron chi connectivity index (χ3n) is 3.58. The Kier molecular flexibility index (Phi) is 3.51. The predicted octanol–water partition coefficient (Wildman–Crippen LogP) is 3.37. The molecule has 0 aromatic heterocycles. The van der Waals surface area contributed by atoms with E-state index in [-0.39, 0.29) is 0 Å². The maximum atomic E-state index is 11.4. The quantitative estimate of drug-likeness (QED) is 0.777. The summed E-state index contributed by atoms with van der Waals surface area (Å²) in [6.07, 6.45) is 1.38. The molecular weight excluding hydrogens is 210 g/mol. The van der Waals surface area contributed by atoms with Crippen LogP contribution in [0.15, 0.2) is 24.3 Å². The van der Waals surface area contributed by atoms with Crippen molar-refractivity contribution in [2.45, 2.75) is 45.6 Å². The minimum absolute atomic E-state index is 0.334. The van der Waals surface area contributed by atoms with Gasteiger partial charge in [0.1, 0.15) is 5.78 Å². The van der Waals surface area contributed by atoms with Gasteiger partial charge in [-0.2, -0.15) is 0 Å². The third kappa shape index (κ3) is 2.68. The highest BCUT2D eigenvalue weighted by molar-refractivity contribution is 5.81. The van der Waals surface area contributed by atoms with Crippen LogP contribution in [0.4, 0.5) is 5.69 Å². The fourth-order valence-corrected chi connectivity index (χ4v) is 2.44. The summed E-state index contributed by atoms with van der Waals surface area (Å²) in [5.41, 5.74) is 2.61. The van der Waals surface area contributed by atoms with Crippen LogP contribution in [0.2, 0.25) is 0 Å². The lowest BCUT2D eigenvalue weighted by Crippen LogP contribution is -2.41. The van der Waals surface area contributed by atoms with Gasteiger partial charge in [-0.15, -0.1) is 0 Å². The maximum absolute atomic E-state index is 11.4.